The summed E-state index contributed by atoms with van der Waals surface area (Å²) in [5.41, 5.74) is -0.212. The molecule has 0 aliphatic carbocycles. The van der Waals surface area contributed by atoms with E-state index in [9.17, 15) is 23.3 Å². The Morgan fingerprint density at radius 3 is 2.64 bits per heavy atom. The van der Waals surface area contributed by atoms with Gasteiger partial charge in [-0.2, -0.15) is 4.31 Å². The summed E-state index contributed by atoms with van der Waals surface area (Å²) >= 11 is 5.87. The van der Waals surface area contributed by atoms with Crippen molar-refractivity contribution >= 4 is 33.3 Å². The summed E-state index contributed by atoms with van der Waals surface area (Å²) in [5.74, 6) is -1.84. The van der Waals surface area contributed by atoms with Gasteiger partial charge in [-0.1, -0.05) is 11.6 Å². The molecule has 1 aliphatic heterocycles. The maximum Gasteiger partial charge on any atom is 0.307 e. The minimum Gasteiger partial charge on any atom is -0.481 e. The molecule has 1 heterocycles. The van der Waals surface area contributed by atoms with E-state index in [0.717, 1.165) is 16.4 Å². The van der Waals surface area contributed by atoms with E-state index < -0.39 is 26.8 Å². The molecule has 1 fully saturated rings. The molecule has 1 aromatic carbocycles. The Hall–Kier alpha value is -1.71. The van der Waals surface area contributed by atoms with Crippen molar-refractivity contribution in [3.8, 4) is 0 Å². The first-order chi connectivity index (χ1) is 10.1. The van der Waals surface area contributed by atoms with Gasteiger partial charge in [-0.05, 0) is 19.4 Å². The Balaban J connectivity index is 2.43. The van der Waals surface area contributed by atoms with E-state index >= 15 is 0 Å². The third kappa shape index (κ3) is 2.92. The molecule has 0 radical (unpaired) electrons. The second kappa shape index (κ2) is 5.82. The lowest BCUT2D eigenvalue weighted by Crippen LogP contribution is -2.30. The van der Waals surface area contributed by atoms with Gasteiger partial charge in [0.05, 0.1) is 20.8 Å². The van der Waals surface area contributed by atoms with Gasteiger partial charge in [-0.15, -0.1) is 0 Å². The number of nitrogens with zero attached hydrogens (tertiary/aromatic N) is 2. The monoisotopic (exact) mass is 348 g/mol. The van der Waals surface area contributed by atoms with E-state index in [1.807, 2.05) is 0 Å². The first-order valence-corrected chi connectivity index (χ1v) is 8.14. The van der Waals surface area contributed by atoms with Gasteiger partial charge in [-0.3, -0.25) is 14.9 Å². The number of carbonyl (C=O) groups is 1. The van der Waals surface area contributed by atoms with Gasteiger partial charge >= 0.3 is 5.97 Å². The third-order valence-corrected chi connectivity index (χ3v) is 5.86. The molecule has 1 aliphatic rings. The van der Waals surface area contributed by atoms with Gasteiger partial charge in [-0.25, -0.2) is 8.42 Å². The normalized spacial score (nSPS) is 19.3. The van der Waals surface area contributed by atoms with Gasteiger partial charge in [0.1, 0.15) is 0 Å². The lowest BCUT2D eigenvalue weighted by Gasteiger charge is -2.16. The molecule has 1 atom stereocenters. The Labute approximate surface area is 131 Å². The lowest BCUT2D eigenvalue weighted by atomic mass is 10.1. The highest BCUT2D eigenvalue weighted by Gasteiger charge is 2.36. The highest BCUT2D eigenvalue weighted by atomic mass is 35.5. The fourth-order valence-electron chi connectivity index (χ4n) is 2.28. The van der Waals surface area contributed by atoms with Crippen molar-refractivity contribution in [2.75, 3.05) is 13.1 Å². The molecular formula is C12H13ClN2O6S. The molecule has 1 saturated heterocycles. The molecule has 2 rings (SSSR count). The lowest BCUT2D eigenvalue weighted by molar-refractivity contribution is -0.385. The summed E-state index contributed by atoms with van der Waals surface area (Å²) < 4.78 is 26.0. The van der Waals surface area contributed by atoms with Crippen molar-refractivity contribution in [2.24, 2.45) is 5.92 Å². The Kier molecular flexibility index (Phi) is 4.41. The molecule has 0 aromatic heterocycles. The molecule has 120 valence electrons. The molecule has 0 saturated carbocycles. The summed E-state index contributed by atoms with van der Waals surface area (Å²) in [7, 11) is -4.02. The van der Waals surface area contributed by atoms with Crippen LogP contribution < -0.4 is 0 Å². The summed E-state index contributed by atoms with van der Waals surface area (Å²) in [6.07, 6.45) is 0.205. The van der Waals surface area contributed by atoms with Gasteiger partial charge in [0.2, 0.25) is 10.0 Å². The number of halogens is 1. The summed E-state index contributed by atoms with van der Waals surface area (Å²) in [5, 5.41) is 19.9. The van der Waals surface area contributed by atoms with Crippen LogP contribution in [0.25, 0.3) is 0 Å². The number of rotatable bonds is 4. The summed E-state index contributed by atoms with van der Waals surface area (Å²) in [4.78, 5) is 20.9. The molecule has 0 bridgehead atoms. The number of benzene rings is 1. The van der Waals surface area contributed by atoms with Gasteiger partial charge < -0.3 is 5.11 Å². The third-order valence-electron chi connectivity index (χ3n) is 3.63. The number of carboxylic acids is 1. The number of sulfonamides is 1. The highest BCUT2D eigenvalue weighted by Crippen LogP contribution is 2.32. The SMILES string of the molecule is Cc1c(Cl)cc(S(=O)(=O)N2CCC(C(=O)O)C2)cc1[N+](=O)[O-]. The van der Waals surface area contributed by atoms with Crippen LogP contribution >= 0.6 is 11.6 Å². The topological polar surface area (TPSA) is 118 Å². The van der Waals surface area contributed by atoms with Crippen molar-refractivity contribution in [1.82, 2.24) is 4.31 Å². The first kappa shape index (κ1) is 16.7. The number of hydrogen-bond donors (Lipinski definition) is 1. The van der Waals surface area contributed by atoms with E-state index in [1.54, 1.807) is 0 Å². The quantitative estimate of drug-likeness (QED) is 0.653. The first-order valence-electron chi connectivity index (χ1n) is 6.32. The van der Waals surface area contributed by atoms with Crippen LogP contribution in [0.2, 0.25) is 5.02 Å². The van der Waals surface area contributed by atoms with Crippen LogP contribution in [-0.2, 0) is 14.8 Å². The van der Waals surface area contributed by atoms with E-state index in [2.05, 4.69) is 0 Å². The molecule has 22 heavy (non-hydrogen) atoms. The van der Waals surface area contributed by atoms with Crippen LogP contribution in [-0.4, -0.2) is 41.8 Å². The Morgan fingerprint density at radius 2 is 2.14 bits per heavy atom. The van der Waals surface area contributed by atoms with Crippen molar-refractivity contribution < 1.29 is 23.2 Å². The van der Waals surface area contributed by atoms with Crippen molar-refractivity contribution in [1.29, 1.82) is 0 Å². The zero-order chi connectivity index (χ0) is 16.7. The number of hydrogen-bond acceptors (Lipinski definition) is 5. The van der Waals surface area contributed by atoms with Crippen LogP contribution in [0, 0.1) is 23.0 Å². The smallest absolute Gasteiger partial charge is 0.307 e. The molecule has 1 aromatic rings. The number of aliphatic carboxylic acids is 1. The largest absolute Gasteiger partial charge is 0.481 e. The standard InChI is InChI=1S/C12H13ClN2O6S/c1-7-10(13)4-9(5-11(7)15(18)19)22(20,21)14-3-2-8(6-14)12(16)17/h4-5,8H,2-3,6H2,1H3,(H,16,17). The molecule has 8 nitrogen and oxygen atoms in total. The molecular weight excluding hydrogens is 336 g/mol. The second-order valence-corrected chi connectivity index (χ2v) is 7.34. The molecule has 1 N–H and O–H groups in total. The van der Waals surface area contributed by atoms with Crippen molar-refractivity contribution in [2.45, 2.75) is 18.2 Å². The van der Waals surface area contributed by atoms with Crippen LogP contribution in [0.3, 0.4) is 0 Å². The minimum atomic E-state index is -4.02. The van der Waals surface area contributed by atoms with Crippen molar-refractivity contribution in [3.05, 3.63) is 32.8 Å². The van der Waals surface area contributed by atoms with Gasteiger partial charge in [0, 0.05) is 24.7 Å². The number of nitro benzene ring substituents is 1. The van der Waals surface area contributed by atoms with Gasteiger partial charge in [0.25, 0.3) is 5.69 Å². The van der Waals surface area contributed by atoms with Crippen LogP contribution in [0.1, 0.15) is 12.0 Å². The summed E-state index contributed by atoms with van der Waals surface area (Å²) in [6.45, 7) is 1.32. The average Bonchev–Trinajstić information content (AvgIpc) is 2.91. The zero-order valence-electron chi connectivity index (χ0n) is 11.5. The van der Waals surface area contributed by atoms with E-state index in [0.29, 0.717) is 0 Å². The van der Waals surface area contributed by atoms with Crippen molar-refractivity contribution in [3.63, 3.8) is 0 Å². The van der Waals surface area contributed by atoms with Crippen LogP contribution in [0.5, 0.6) is 0 Å². The van der Waals surface area contributed by atoms with Crippen LogP contribution in [0.4, 0.5) is 5.69 Å². The van der Waals surface area contributed by atoms with E-state index in [4.69, 9.17) is 16.7 Å². The molecule has 0 amide bonds. The maximum absolute atomic E-state index is 12.5. The van der Waals surface area contributed by atoms with Crippen LogP contribution in [0.15, 0.2) is 17.0 Å². The average molecular weight is 349 g/mol. The minimum absolute atomic E-state index is 0.0262. The number of carboxylic acid groups (broad SMARTS) is 1. The predicted molar refractivity (Wildman–Crippen MR) is 77.3 cm³/mol. The highest BCUT2D eigenvalue weighted by molar-refractivity contribution is 7.89. The molecule has 10 heteroatoms. The van der Waals surface area contributed by atoms with E-state index in [1.165, 1.54) is 6.92 Å². The Bertz CT molecular complexity index is 748. The van der Waals surface area contributed by atoms with Gasteiger partial charge in [0.15, 0.2) is 0 Å². The zero-order valence-corrected chi connectivity index (χ0v) is 13.1. The molecule has 0 spiro atoms. The second-order valence-electron chi connectivity index (χ2n) is 4.99. The predicted octanol–water partition coefficient (Wildman–Crippen LogP) is 1.65. The fraction of sp³-hybridized carbons (Fsp3) is 0.417. The molecule has 1 unspecified atom stereocenters. The summed E-state index contributed by atoms with van der Waals surface area (Å²) in [6, 6.07) is 2.10. The fourth-order valence-corrected chi connectivity index (χ4v) is 4.10. The Morgan fingerprint density at radius 1 is 1.50 bits per heavy atom. The van der Waals surface area contributed by atoms with E-state index in [-0.39, 0.29) is 40.7 Å². The maximum atomic E-state index is 12.5. The number of nitro groups is 1.